The van der Waals surface area contributed by atoms with Crippen molar-refractivity contribution in [2.45, 2.75) is 59.8 Å². The van der Waals surface area contributed by atoms with E-state index in [1.165, 1.54) is 12.7 Å². The first-order valence-electron chi connectivity index (χ1n) is 8.41. The Morgan fingerprint density at radius 2 is 1.74 bits per heavy atom. The van der Waals surface area contributed by atoms with Crippen LogP contribution in [0.2, 0.25) is 0 Å². The molecule has 23 heavy (non-hydrogen) atoms. The van der Waals surface area contributed by atoms with Crippen LogP contribution in [0.4, 0.5) is 0 Å². The van der Waals surface area contributed by atoms with Gasteiger partial charge in [0.1, 0.15) is 11.2 Å². The second kappa shape index (κ2) is 6.46. The van der Waals surface area contributed by atoms with Crippen LogP contribution in [0.1, 0.15) is 61.3 Å². The third-order valence-electron chi connectivity index (χ3n) is 5.53. The fourth-order valence-electron chi connectivity index (χ4n) is 4.47. The zero-order chi connectivity index (χ0) is 17.4. The summed E-state index contributed by atoms with van der Waals surface area (Å²) in [6.45, 7) is 9.98. The zero-order valence-corrected chi connectivity index (χ0v) is 15.2. The SMILES string of the molecule is COC(=O)C1(C(C)=O)CCC(C)CC1c1c(C)cc(C)cc1C. The maximum Gasteiger partial charge on any atom is 0.319 e. The van der Waals surface area contributed by atoms with Gasteiger partial charge in [-0.15, -0.1) is 0 Å². The summed E-state index contributed by atoms with van der Waals surface area (Å²) in [5, 5.41) is 0. The first-order chi connectivity index (χ1) is 10.7. The Bertz CT molecular complexity index is 609. The average Bonchev–Trinajstić information content (AvgIpc) is 2.45. The van der Waals surface area contributed by atoms with E-state index >= 15 is 0 Å². The Hall–Kier alpha value is -1.64. The molecule has 0 spiro atoms. The molecule has 2 rings (SSSR count). The molecule has 126 valence electrons. The second-order valence-electron chi connectivity index (χ2n) is 7.26. The minimum absolute atomic E-state index is 0.0689. The Balaban J connectivity index is 2.67. The van der Waals surface area contributed by atoms with Crippen molar-refractivity contribution in [3.8, 4) is 0 Å². The van der Waals surface area contributed by atoms with Crippen LogP contribution in [-0.2, 0) is 14.3 Å². The van der Waals surface area contributed by atoms with E-state index < -0.39 is 5.41 Å². The quantitative estimate of drug-likeness (QED) is 0.618. The summed E-state index contributed by atoms with van der Waals surface area (Å²) in [4.78, 5) is 25.3. The van der Waals surface area contributed by atoms with E-state index in [0.29, 0.717) is 12.3 Å². The van der Waals surface area contributed by atoms with Gasteiger partial charge in [-0.3, -0.25) is 9.59 Å². The molecule has 0 heterocycles. The van der Waals surface area contributed by atoms with E-state index in [1.807, 2.05) is 0 Å². The number of Topliss-reactive ketones (excluding diaryl/α,β-unsaturated/α-hetero) is 1. The number of benzene rings is 1. The van der Waals surface area contributed by atoms with Gasteiger partial charge >= 0.3 is 5.97 Å². The zero-order valence-electron chi connectivity index (χ0n) is 15.2. The number of ketones is 1. The smallest absolute Gasteiger partial charge is 0.319 e. The summed E-state index contributed by atoms with van der Waals surface area (Å²) >= 11 is 0. The average molecular weight is 316 g/mol. The van der Waals surface area contributed by atoms with Crippen molar-refractivity contribution in [1.29, 1.82) is 0 Å². The molecule has 0 aromatic heterocycles. The lowest BCUT2D eigenvalue weighted by molar-refractivity contribution is -0.162. The molecule has 1 aliphatic carbocycles. The monoisotopic (exact) mass is 316 g/mol. The first-order valence-corrected chi connectivity index (χ1v) is 8.41. The van der Waals surface area contributed by atoms with Gasteiger partial charge in [0.2, 0.25) is 0 Å². The normalized spacial score (nSPS) is 27.6. The van der Waals surface area contributed by atoms with Crippen molar-refractivity contribution < 1.29 is 14.3 Å². The van der Waals surface area contributed by atoms with Gasteiger partial charge in [0, 0.05) is 5.92 Å². The van der Waals surface area contributed by atoms with Gasteiger partial charge in [-0.05, 0) is 69.6 Å². The molecule has 3 heteroatoms. The highest BCUT2D eigenvalue weighted by Crippen LogP contribution is 2.52. The topological polar surface area (TPSA) is 43.4 Å². The lowest BCUT2D eigenvalue weighted by Gasteiger charge is -2.43. The molecule has 3 atom stereocenters. The molecule has 0 aliphatic heterocycles. The van der Waals surface area contributed by atoms with Gasteiger partial charge in [0.05, 0.1) is 7.11 Å². The maximum absolute atomic E-state index is 12.7. The van der Waals surface area contributed by atoms with Gasteiger partial charge in [-0.2, -0.15) is 0 Å². The van der Waals surface area contributed by atoms with Crippen molar-refractivity contribution in [2.75, 3.05) is 7.11 Å². The predicted octanol–water partition coefficient (Wildman–Crippen LogP) is 4.26. The number of rotatable bonds is 3. The molecule has 3 nitrogen and oxygen atoms in total. The molecule has 0 amide bonds. The molecule has 1 aliphatic rings. The number of aryl methyl sites for hydroxylation is 3. The van der Waals surface area contributed by atoms with Crippen LogP contribution in [0.5, 0.6) is 0 Å². The predicted molar refractivity (Wildman–Crippen MR) is 91.5 cm³/mol. The van der Waals surface area contributed by atoms with Gasteiger partial charge in [0.25, 0.3) is 0 Å². The number of carbonyl (C=O) groups excluding carboxylic acids is 2. The van der Waals surface area contributed by atoms with E-state index in [0.717, 1.165) is 29.5 Å². The summed E-state index contributed by atoms with van der Waals surface area (Å²) < 4.78 is 5.09. The summed E-state index contributed by atoms with van der Waals surface area (Å²) in [5.74, 6) is -0.0454. The van der Waals surface area contributed by atoms with E-state index in [2.05, 4.69) is 39.8 Å². The lowest BCUT2D eigenvalue weighted by Crippen LogP contribution is -2.47. The molecule has 1 fully saturated rings. The minimum atomic E-state index is -1.04. The summed E-state index contributed by atoms with van der Waals surface area (Å²) in [6, 6.07) is 4.29. The molecule has 0 radical (unpaired) electrons. The molecule has 0 N–H and O–H groups in total. The molecule has 1 aromatic carbocycles. The molecule has 3 unspecified atom stereocenters. The van der Waals surface area contributed by atoms with E-state index in [9.17, 15) is 9.59 Å². The Labute approximate surface area is 139 Å². The van der Waals surface area contributed by atoms with Crippen LogP contribution < -0.4 is 0 Å². The first kappa shape index (κ1) is 17.7. The summed E-state index contributed by atoms with van der Waals surface area (Å²) in [7, 11) is 1.39. The third kappa shape index (κ3) is 2.93. The van der Waals surface area contributed by atoms with Crippen LogP contribution in [-0.4, -0.2) is 18.9 Å². The Morgan fingerprint density at radius 3 is 2.22 bits per heavy atom. The second-order valence-corrected chi connectivity index (χ2v) is 7.26. The largest absolute Gasteiger partial charge is 0.468 e. The van der Waals surface area contributed by atoms with Crippen LogP contribution in [0.3, 0.4) is 0 Å². The van der Waals surface area contributed by atoms with Crippen molar-refractivity contribution in [2.24, 2.45) is 11.3 Å². The molecule has 0 bridgehead atoms. The standard InChI is InChI=1S/C20H28O3/c1-12-7-8-20(16(5)21,19(22)23-6)17(11-12)18-14(3)9-13(2)10-15(18)4/h9-10,12,17H,7-8,11H2,1-6H3. The highest BCUT2D eigenvalue weighted by molar-refractivity contribution is 6.04. The minimum Gasteiger partial charge on any atom is -0.468 e. The van der Waals surface area contributed by atoms with Crippen molar-refractivity contribution in [3.63, 3.8) is 0 Å². The number of methoxy groups -OCH3 is 1. The summed E-state index contributed by atoms with van der Waals surface area (Å²) in [6.07, 6.45) is 2.31. The molecule has 0 saturated heterocycles. The van der Waals surface area contributed by atoms with Crippen LogP contribution in [0.15, 0.2) is 12.1 Å². The van der Waals surface area contributed by atoms with Crippen molar-refractivity contribution in [3.05, 3.63) is 34.4 Å². The molecule has 1 saturated carbocycles. The molecular weight excluding hydrogens is 288 g/mol. The van der Waals surface area contributed by atoms with Crippen LogP contribution in [0, 0.1) is 32.1 Å². The van der Waals surface area contributed by atoms with E-state index in [1.54, 1.807) is 6.92 Å². The molecular formula is C20H28O3. The maximum atomic E-state index is 12.7. The number of esters is 1. The summed E-state index contributed by atoms with van der Waals surface area (Å²) in [5.41, 5.74) is 3.65. The highest BCUT2D eigenvalue weighted by Gasteiger charge is 2.54. The Kier molecular flexibility index (Phi) is 4.98. The lowest BCUT2D eigenvalue weighted by atomic mass is 9.58. The van der Waals surface area contributed by atoms with Crippen molar-refractivity contribution in [1.82, 2.24) is 0 Å². The van der Waals surface area contributed by atoms with Crippen LogP contribution in [0.25, 0.3) is 0 Å². The van der Waals surface area contributed by atoms with Crippen LogP contribution >= 0.6 is 0 Å². The number of ether oxygens (including phenoxy) is 1. The number of carbonyl (C=O) groups is 2. The van der Waals surface area contributed by atoms with Crippen molar-refractivity contribution >= 4 is 11.8 Å². The third-order valence-corrected chi connectivity index (χ3v) is 5.53. The fourth-order valence-corrected chi connectivity index (χ4v) is 4.47. The van der Waals surface area contributed by atoms with Gasteiger partial charge in [0.15, 0.2) is 0 Å². The highest BCUT2D eigenvalue weighted by atomic mass is 16.5. The fraction of sp³-hybridized carbons (Fsp3) is 0.600. The van der Waals surface area contributed by atoms with Gasteiger partial charge in [-0.1, -0.05) is 24.6 Å². The van der Waals surface area contributed by atoms with Gasteiger partial charge in [-0.25, -0.2) is 0 Å². The number of hydrogen-bond donors (Lipinski definition) is 0. The number of hydrogen-bond acceptors (Lipinski definition) is 3. The van der Waals surface area contributed by atoms with Gasteiger partial charge < -0.3 is 4.74 Å². The molecule has 1 aromatic rings. The Morgan fingerprint density at radius 1 is 1.17 bits per heavy atom. The van der Waals surface area contributed by atoms with E-state index in [-0.39, 0.29) is 17.7 Å². The van der Waals surface area contributed by atoms with E-state index in [4.69, 9.17) is 4.74 Å².